The van der Waals surface area contributed by atoms with Gasteiger partial charge in [-0.05, 0) is 13.8 Å². The molecule has 1 aromatic heterocycles. The summed E-state index contributed by atoms with van der Waals surface area (Å²) in [5.74, 6) is 2.76. The second-order valence-electron chi connectivity index (χ2n) is 5.53. The van der Waals surface area contributed by atoms with Crippen LogP contribution >= 0.6 is 11.3 Å². The van der Waals surface area contributed by atoms with Crippen LogP contribution in [0.5, 0.6) is 17.2 Å². The SMILES string of the molecule is CN=C(NCc1sc(C)nc1C)NCc1c(OC)cc(OC)cc1OC. The van der Waals surface area contributed by atoms with Crippen LogP contribution in [0.15, 0.2) is 17.1 Å². The zero-order valence-electron chi connectivity index (χ0n) is 16.1. The number of aliphatic imine (C=N–C) groups is 1. The number of nitrogens with one attached hydrogen (secondary N) is 2. The summed E-state index contributed by atoms with van der Waals surface area (Å²) in [6.07, 6.45) is 0. The molecule has 0 spiro atoms. The van der Waals surface area contributed by atoms with Gasteiger partial charge >= 0.3 is 0 Å². The predicted octanol–water partition coefficient (Wildman–Crippen LogP) is 2.65. The molecular weight excluding hydrogens is 352 g/mol. The van der Waals surface area contributed by atoms with Crippen molar-refractivity contribution in [1.29, 1.82) is 0 Å². The standard InChI is InChI=1S/C18H26N4O3S/c1-11-17(26-12(2)22-11)10-21-18(19-3)20-9-14-15(24-5)7-13(23-4)8-16(14)25-6/h7-8H,9-10H2,1-6H3,(H2,19,20,21). The molecule has 0 fully saturated rings. The molecule has 0 aliphatic rings. The van der Waals surface area contributed by atoms with Gasteiger partial charge in [0.2, 0.25) is 0 Å². The Labute approximate surface area is 158 Å². The molecule has 26 heavy (non-hydrogen) atoms. The number of thiazole rings is 1. The van der Waals surface area contributed by atoms with Gasteiger partial charge in [0.1, 0.15) is 17.2 Å². The van der Waals surface area contributed by atoms with Gasteiger partial charge in [-0.15, -0.1) is 11.3 Å². The van der Waals surface area contributed by atoms with E-state index in [9.17, 15) is 0 Å². The highest BCUT2D eigenvalue weighted by atomic mass is 32.1. The van der Waals surface area contributed by atoms with Crippen molar-refractivity contribution in [2.75, 3.05) is 28.4 Å². The van der Waals surface area contributed by atoms with E-state index >= 15 is 0 Å². The number of rotatable bonds is 7. The van der Waals surface area contributed by atoms with Gasteiger partial charge in [0.25, 0.3) is 0 Å². The lowest BCUT2D eigenvalue weighted by Crippen LogP contribution is -2.36. The summed E-state index contributed by atoms with van der Waals surface area (Å²) in [5, 5.41) is 7.67. The first-order valence-corrected chi connectivity index (χ1v) is 9.00. The summed E-state index contributed by atoms with van der Waals surface area (Å²) >= 11 is 1.69. The molecule has 0 radical (unpaired) electrons. The van der Waals surface area contributed by atoms with Crippen molar-refractivity contribution in [2.45, 2.75) is 26.9 Å². The van der Waals surface area contributed by atoms with Gasteiger partial charge in [-0.3, -0.25) is 4.99 Å². The van der Waals surface area contributed by atoms with Crippen molar-refractivity contribution in [3.8, 4) is 17.2 Å². The molecule has 0 atom stereocenters. The predicted molar refractivity (Wildman–Crippen MR) is 105 cm³/mol. The van der Waals surface area contributed by atoms with Crippen molar-refractivity contribution in [1.82, 2.24) is 15.6 Å². The van der Waals surface area contributed by atoms with E-state index in [4.69, 9.17) is 14.2 Å². The Kier molecular flexibility index (Phi) is 7.08. The van der Waals surface area contributed by atoms with Gasteiger partial charge in [0, 0.05) is 24.1 Å². The largest absolute Gasteiger partial charge is 0.496 e. The van der Waals surface area contributed by atoms with Crippen molar-refractivity contribution in [3.05, 3.63) is 33.3 Å². The van der Waals surface area contributed by atoms with Gasteiger partial charge in [0.05, 0.1) is 50.7 Å². The van der Waals surface area contributed by atoms with Crippen LogP contribution in [0.3, 0.4) is 0 Å². The highest BCUT2D eigenvalue weighted by Gasteiger charge is 2.14. The van der Waals surface area contributed by atoms with Crippen LogP contribution in [-0.4, -0.2) is 39.3 Å². The molecule has 2 N–H and O–H groups in total. The molecule has 0 saturated heterocycles. The van der Waals surface area contributed by atoms with Gasteiger partial charge in [-0.25, -0.2) is 4.98 Å². The summed E-state index contributed by atoms with van der Waals surface area (Å²) in [5.41, 5.74) is 1.94. The van der Waals surface area contributed by atoms with Crippen LogP contribution in [0, 0.1) is 13.8 Å². The van der Waals surface area contributed by atoms with E-state index in [1.165, 1.54) is 4.88 Å². The smallest absolute Gasteiger partial charge is 0.191 e. The molecule has 0 aliphatic carbocycles. The number of nitrogens with zero attached hydrogens (tertiary/aromatic N) is 2. The van der Waals surface area contributed by atoms with Crippen LogP contribution in [0.1, 0.15) is 21.1 Å². The Morgan fingerprint density at radius 2 is 1.65 bits per heavy atom. The van der Waals surface area contributed by atoms with Crippen molar-refractivity contribution in [2.24, 2.45) is 4.99 Å². The van der Waals surface area contributed by atoms with Crippen LogP contribution in [0.2, 0.25) is 0 Å². The molecular formula is C18H26N4O3S. The summed E-state index contributed by atoms with van der Waals surface area (Å²) in [4.78, 5) is 9.91. The molecule has 0 bridgehead atoms. The lowest BCUT2D eigenvalue weighted by atomic mass is 10.1. The van der Waals surface area contributed by atoms with Crippen LogP contribution in [0.4, 0.5) is 0 Å². The Bertz CT molecular complexity index is 749. The molecule has 0 aliphatic heterocycles. The van der Waals surface area contributed by atoms with Crippen molar-refractivity contribution in [3.63, 3.8) is 0 Å². The quantitative estimate of drug-likeness (QED) is 0.570. The van der Waals surface area contributed by atoms with Crippen LogP contribution in [0.25, 0.3) is 0 Å². The molecule has 2 aromatic rings. The molecule has 1 heterocycles. The molecule has 7 nitrogen and oxygen atoms in total. The molecule has 0 saturated carbocycles. The molecule has 1 aromatic carbocycles. The van der Waals surface area contributed by atoms with E-state index in [2.05, 4.69) is 20.6 Å². The Morgan fingerprint density at radius 1 is 1.04 bits per heavy atom. The molecule has 0 amide bonds. The minimum Gasteiger partial charge on any atom is -0.496 e. The summed E-state index contributed by atoms with van der Waals surface area (Å²) < 4.78 is 16.2. The number of methoxy groups -OCH3 is 3. The van der Waals surface area contributed by atoms with E-state index in [-0.39, 0.29) is 0 Å². The zero-order chi connectivity index (χ0) is 19.1. The number of guanidine groups is 1. The average molecular weight is 378 g/mol. The highest BCUT2D eigenvalue weighted by Crippen LogP contribution is 2.33. The first kappa shape index (κ1) is 19.8. The number of aryl methyl sites for hydroxylation is 2. The molecule has 0 unspecified atom stereocenters. The van der Waals surface area contributed by atoms with Gasteiger partial charge in [0.15, 0.2) is 5.96 Å². The van der Waals surface area contributed by atoms with E-state index in [0.717, 1.165) is 16.3 Å². The fourth-order valence-corrected chi connectivity index (χ4v) is 3.42. The number of aromatic nitrogens is 1. The Hall–Kier alpha value is -2.48. The third-order valence-corrected chi connectivity index (χ3v) is 4.96. The molecule has 142 valence electrons. The maximum Gasteiger partial charge on any atom is 0.191 e. The van der Waals surface area contributed by atoms with Gasteiger partial charge in [-0.1, -0.05) is 0 Å². The number of hydrogen-bond acceptors (Lipinski definition) is 6. The lowest BCUT2D eigenvalue weighted by molar-refractivity contribution is 0.368. The highest BCUT2D eigenvalue weighted by molar-refractivity contribution is 7.11. The minimum atomic E-state index is 0.497. The number of benzene rings is 1. The second-order valence-corrected chi connectivity index (χ2v) is 6.82. The third-order valence-electron chi connectivity index (χ3n) is 3.89. The maximum atomic E-state index is 5.48. The normalized spacial score (nSPS) is 11.2. The molecule has 8 heteroatoms. The van der Waals surface area contributed by atoms with Crippen LogP contribution < -0.4 is 24.8 Å². The summed E-state index contributed by atoms with van der Waals surface area (Å²) in [7, 11) is 6.60. The van der Waals surface area contributed by atoms with Gasteiger partial charge < -0.3 is 24.8 Å². The molecule has 2 rings (SSSR count). The van der Waals surface area contributed by atoms with Crippen LogP contribution in [-0.2, 0) is 13.1 Å². The Balaban J connectivity index is 2.07. The number of hydrogen-bond donors (Lipinski definition) is 2. The Morgan fingerprint density at radius 3 is 2.12 bits per heavy atom. The summed E-state index contributed by atoms with van der Waals surface area (Å²) in [6, 6.07) is 3.67. The monoisotopic (exact) mass is 378 g/mol. The van der Waals surface area contributed by atoms with Crippen molar-refractivity contribution < 1.29 is 14.2 Å². The minimum absolute atomic E-state index is 0.497. The average Bonchev–Trinajstić information content (AvgIpc) is 2.98. The van der Waals surface area contributed by atoms with E-state index in [0.29, 0.717) is 36.3 Å². The topological polar surface area (TPSA) is 77.0 Å². The lowest BCUT2D eigenvalue weighted by Gasteiger charge is -2.17. The zero-order valence-corrected chi connectivity index (χ0v) is 16.9. The van der Waals surface area contributed by atoms with Gasteiger partial charge in [-0.2, -0.15) is 0 Å². The fourth-order valence-electron chi connectivity index (χ4n) is 2.55. The van der Waals surface area contributed by atoms with E-state index < -0.39 is 0 Å². The first-order valence-electron chi connectivity index (χ1n) is 8.18. The van der Waals surface area contributed by atoms with Crippen molar-refractivity contribution >= 4 is 17.3 Å². The second kappa shape index (κ2) is 9.28. The maximum absolute atomic E-state index is 5.48. The summed E-state index contributed by atoms with van der Waals surface area (Å²) in [6.45, 7) is 5.20. The number of ether oxygens (including phenoxy) is 3. The fraction of sp³-hybridized carbons (Fsp3) is 0.444. The van der Waals surface area contributed by atoms with E-state index in [1.807, 2.05) is 26.0 Å². The van der Waals surface area contributed by atoms with E-state index in [1.54, 1.807) is 39.7 Å². The third kappa shape index (κ3) is 4.78. The first-order chi connectivity index (χ1) is 12.5.